The Labute approximate surface area is 177 Å². The van der Waals surface area contributed by atoms with E-state index in [9.17, 15) is 0 Å². The lowest BCUT2D eigenvalue weighted by molar-refractivity contribution is 0.338. The number of aromatic nitrogens is 2. The van der Waals surface area contributed by atoms with Crippen LogP contribution in [0.4, 0.5) is 0 Å². The van der Waals surface area contributed by atoms with Gasteiger partial charge in [-0.05, 0) is 70.6 Å². The lowest BCUT2D eigenvalue weighted by Crippen LogP contribution is -2.23. The zero-order valence-corrected chi connectivity index (χ0v) is 18.5. The molecule has 0 bridgehead atoms. The van der Waals surface area contributed by atoms with E-state index < -0.39 is 0 Å². The summed E-state index contributed by atoms with van der Waals surface area (Å²) in [5, 5.41) is 4.22. The van der Waals surface area contributed by atoms with Gasteiger partial charge in [-0.3, -0.25) is 0 Å². The number of aryl methyl sites for hydroxylation is 2. The summed E-state index contributed by atoms with van der Waals surface area (Å²) < 4.78 is 5.96. The van der Waals surface area contributed by atoms with Crippen molar-refractivity contribution in [3.63, 3.8) is 0 Å². The van der Waals surface area contributed by atoms with Crippen molar-refractivity contribution in [2.24, 2.45) is 4.99 Å². The van der Waals surface area contributed by atoms with Crippen LogP contribution < -0.4 is 26.0 Å². The number of H-pyrrole nitrogens is 2. The van der Waals surface area contributed by atoms with Crippen LogP contribution in [0.5, 0.6) is 5.75 Å². The fourth-order valence-electron chi connectivity index (χ4n) is 3.96. The summed E-state index contributed by atoms with van der Waals surface area (Å²) in [5.41, 5.74) is 5.75. The first-order valence-corrected chi connectivity index (χ1v) is 10.5. The molecule has 0 atom stereocenters. The van der Waals surface area contributed by atoms with E-state index in [4.69, 9.17) is 9.73 Å². The smallest absolute Gasteiger partial charge is 0.144 e. The number of para-hydroxylation sites is 1. The predicted molar refractivity (Wildman–Crippen MR) is 122 cm³/mol. The van der Waals surface area contributed by atoms with Crippen LogP contribution in [-0.2, 0) is 0 Å². The number of aromatic amines is 2. The lowest BCUT2D eigenvalue weighted by atomic mass is 10.1. The average Bonchev–Trinajstić information content (AvgIpc) is 3.36. The topological polar surface area (TPSA) is 56.4 Å². The van der Waals surface area contributed by atoms with Crippen LogP contribution in [0.25, 0.3) is 17.3 Å². The molecule has 3 heterocycles. The number of nitrogens with zero attached hydrogens (tertiary/aromatic N) is 2. The van der Waals surface area contributed by atoms with Crippen LogP contribution in [0, 0.1) is 13.8 Å². The number of ether oxygens (including phenoxy) is 1. The molecule has 1 aliphatic heterocycles. The van der Waals surface area contributed by atoms with Crippen LogP contribution in [0.1, 0.15) is 30.3 Å². The molecule has 0 saturated heterocycles. The van der Waals surface area contributed by atoms with Crippen LogP contribution in [-0.4, -0.2) is 42.1 Å². The molecule has 156 valence electrons. The zero-order valence-electron chi connectivity index (χ0n) is 18.5. The maximum atomic E-state index is 5.96. The molecule has 0 radical (unpaired) electrons. The maximum absolute atomic E-state index is 5.96. The number of benzene rings is 1. The molecule has 3 aromatic rings. The molecule has 0 amide bonds. The normalized spacial score (nSPS) is 15.7. The van der Waals surface area contributed by atoms with E-state index in [1.807, 2.05) is 13.0 Å². The number of rotatable bonds is 6. The first-order chi connectivity index (χ1) is 14.5. The quantitative estimate of drug-likeness (QED) is 0.660. The molecule has 2 N–H and O–H groups in total. The molecule has 5 heteroatoms. The molecule has 0 saturated carbocycles. The molecule has 5 nitrogen and oxygen atoms in total. The first-order valence-electron chi connectivity index (χ1n) is 10.5. The van der Waals surface area contributed by atoms with Crippen LogP contribution in [0.15, 0.2) is 41.4 Å². The average molecular weight is 403 g/mol. The standard InChI is InChI=1S/C25H30N4O/c1-6-30-24-15-23(27-22(24)14-21-16(2)13-17(3)26-21)25-19(11-12-29(4)5)18-9-7-8-10-20(18)28-25/h7-10,13-15,26-27H,6,11-12H2,1-5H3. The van der Waals surface area contributed by atoms with Gasteiger partial charge in [-0.1, -0.05) is 18.2 Å². The van der Waals surface area contributed by atoms with Gasteiger partial charge in [0.1, 0.15) is 5.75 Å². The molecule has 2 aromatic heterocycles. The minimum Gasteiger partial charge on any atom is -0.492 e. The third-order valence-electron chi connectivity index (χ3n) is 5.40. The minimum absolute atomic E-state index is 0.616. The molecule has 0 spiro atoms. The van der Waals surface area contributed by atoms with E-state index in [-0.39, 0.29) is 0 Å². The van der Waals surface area contributed by atoms with Gasteiger partial charge in [0.25, 0.3) is 0 Å². The van der Waals surface area contributed by atoms with E-state index in [1.165, 1.54) is 16.4 Å². The highest BCUT2D eigenvalue weighted by Gasteiger charge is 2.15. The van der Waals surface area contributed by atoms with Crippen molar-refractivity contribution in [1.82, 2.24) is 14.9 Å². The van der Waals surface area contributed by atoms with Gasteiger partial charge in [-0.2, -0.15) is 0 Å². The first kappa shape index (κ1) is 20.2. The van der Waals surface area contributed by atoms with Crippen molar-refractivity contribution in [3.8, 4) is 5.75 Å². The molecule has 1 aromatic carbocycles. The van der Waals surface area contributed by atoms with Gasteiger partial charge in [-0.15, -0.1) is 0 Å². The summed E-state index contributed by atoms with van der Waals surface area (Å²) in [6.07, 6.45) is 3.07. The largest absolute Gasteiger partial charge is 0.492 e. The Hall–Kier alpha value is -3.05. The maximum Gasteiger partial charge on any atom is 0.144 e. The summed E-state index contributed by atoms with van der Waals surface area (Å²) in [7, 11) is 4.21. The molecule has 0 aliphatic carbocycles. The van der Waals surface area contributed by atoms with E-state index in [1.54, 1.807) is 0 Å². The Bertz CT molecular complexity index is 1310. The Kier molecular flexibility index (Phi) is 5.64. The Morgan fingerprint density at radius 2 is 1.90 bits per heavy atom. The van der Waals surface area contributed by atoms with Crippen molar-refractivity contribution in [1.29, 1.82) is 0 Å². The third kappa shape index (κ3) is 3.98. The zero-order chi connectivity index (χ0) is 21.3. The SMILES string of the molecule is CCOc1cc(=C2N=c3ccccc3=C2CCN(C)C)[nH]c1=Cc1[nH]c(C)cc1C. The van der Waals surface area contributed by atoms with Crippen LogP contribution in [0.3, 0.4) is 0 Å². The molecule has 4 rings (SSSR count). The van der Waals surface area contributed by atoms with Crippen molar-refractivity contribution < 1.29 is 4.74 Å². The predicted octanol–water partition coefficient (Wildman–Crippen LogP) is 1.73. The van der Waals surface area contributed by atoms with Gasteiger partial charge >= 0.3 is 0 Å². The number of fused-ring (bicyclic) bond motifs is 1. The Balaban J connectivity index is 1.92. The summed E-state index contributed by atoms with van der Waals surface area (Å²) in [6.45, 7) is 7.79. The molecule has 1 aliphatic rings. The second-order valence-electron chi connectivity index (χ2n) is 8.10. The van der Waals surface area contributed by atoms with Crippen molar-refractivity contribution >= 4 is 17.3 Å². The number of nitrogens with one attached hydrogen (secondary N) is 2. The number of hydrogen-bond acceptors (Lipinski definition) is 3. The van der Waals surface area contributed by atoms with Crippen LogP contribution >= 0.6 is 0 Å². The summed E-state index contributed by atoms with van der Waals surface area (Å²) in [4.78, 5) is 14.2. The van der Waals surface area contributed by atoms with Gasteiger partial charge in [0.05, 0.1) is 28.4 Å². The Morgan fingerprint density at radius 3 is 2.60 bits per heavy atom. The van der Waals surface area contributed by atoms with Crippen LogP contribution in [0.2, 0.25) is 0 Å². The minimum atomic E-state index is 0.616. The van der Waals surface area contributed by atoms with E-state index in [2.05, 4.69) is 79.2 Å². The van der Waals surface area contributed by atoms with E-state index >= 15 is 0 Å². The third-order valence-corrected chi connectivity index (χ3v) is 5.40. The fraction of sp³-hybridized carbons (Fsp3) is 0.320. The molecule has 0 fully saturated rings. The highest BCUT2D eigenvalue weighted by atomic mass is 16.5. The fourth-order valence-corrected chi connectivity index (χ4v) is 3.96. The van der Waals surface area contributed by atoms with Gasteiger partial charge in [0.15, 0.2) is 0 Å². The summed E-state index contributed by atoms with van der Waals surface area (Å²) in [6, 6.07) is 12.6. The van der Waals surface area contributed by atoms with Gasteiger partial charge in [-0.25, -0.2) is 4.99 Å². The monoisotopic (exact) mass is 402 g/mol. The highest BCUT2D eigenvalue weighted by Crippen LogP contribution is 2.18. The van der Waals surface area contributed by atoms with Crippen molar-refractivity contribution in [2.75, 3.05) is 27.2 Å². The lowest BCUT2D eigenvalue weighted by Gasteiger charge is -2.10. The van der Waals surface area contributed by atoms with Crippen molar-refractivity contribution in [3.05, 3.63) is 74.6 Å². The van der Waals surface area contributed by atoms with Crippen molar-refractivity contribution in [2.45, 2.75) is 27.2 Å². The van der Waals surface area contributed by atoms with Gasteiger partial charge in [0.2, 0.25) is 0 Å². The Morgan fingerprint density at radius 1 is 1.10 bits per heavy atom. The molecule has 30 heavy (non-hydrogen) atoms. The van der Waals surface area contributed by atoms with E-state index in [0.29, 0.717) is 6.61 Å². The molecule has 0 unspecified atom stereocenters. The molecular formula is C25H30N4O. The molecular weight excluding hydrogens is 372 g/mol. The van der Waals surface area contributed by atoms with Gasteiger partial charge < -0.3 is 19.6 Å². The summed E-state index contributed by atoms with van der Waals surface area (Å²) >= 11 is 0. The highest BCUT2D eigenvalue weighted by molar-refractivity contribution is 5.89. The number of hydrogen-bond donors (Lipinski definition) is 2. The van der Waals surface area contributed by atoms with E-state index in [0.717, 1.165) is 51.9 Å². The summed E-state index contributed by atoms with van der Waals surface area (Å²) in [5.74, 6) is 0.852. The second-order valence-corrected chi connectivity index (χ2v) is 8.10. The second kappa shape index (κ2) is 8.36. The van der Waals surface area contributed by atoms with Gasteiger partial charge in [0, 0.05) is 29.2 Å².